The Morgan fingerprint density at radius 1 is 0.923 bits per heavy atom. The van der Waals surface area contributed by atoms with Crippen LogP contribution in [0.2, 0.25) is 0 Å². The highest BCUT2D eigenvalue weighted by Crippen LogP contribution is 2.34. The van der Waals surface area contributed by atoms with E-state index in [4.69, 9.17) is 4.74 Å². The van der Waals surface area contributed by atoms with E-state index in [-0.39, 0.29) is 17.2 Å². The minimum Gasteiger partial charge on any atom is -0.496 e. The second kappa shape index (κ2) is 10.7. The fourth-order valence-electron chi connectivity index (χ4n) is 3.97. The topological polar surface area (TPSA) is 143 Å². The highest BCUT2D eigenvalue weighted by atomic mass is 32.1. The molecular formula is C28H21N5O5S. The van der Waals surface area contributed by atoms with E-state index in [0.717, 1.165) is 5.56 Å². The number of carbonyl (C=O) groups is 3. The van der Waals surface area contributed by atoms with Crippen LogP contribution >= 0.6 is 11.3 Å². The molecule has 0 saturated heterocycles. The molecule has 5 rings (SSSR count). The number of hydrogen-bond donors (Lipinski definition) is 3. The molecule has 11 heteroatoms. The predicted molar refractivity (Wildman–Crippen MR) is 148 cm³/mol. The summed E-state index contributed by atoms with van der Waals surface area (Å²) in [5, 5.41) is 15.3. The van der Waals surface area contributed by atoms with E-state index in [9.17, 15) is 19.5 Å². The van der Waals surface area contributed by atoms with Gasteiger partial charge in [-0.25, -0.2) is 19.7 Å². The Morgan fingerprint density at radius 3 is 2.41 bits per heavy atom. The van der Waals surface area contributed by atoms with Crippen LogP contribution in [0.15, 0.2) is 72.9 Å². The Hall–Kier alpha value is -5.16. The van der Waals surface area contributed by atoms with E-state index in [2.05, 4.69) is 25.6 Å². The molecule has 2 aromatic carbocycles. The van der Waals surface area contributed by atoms with Crippen LogP contribution < -0.4 is 15.4 Å². The van der Waals surface area contributed by atoms with Gasteiger partial charge in [0, 0.05) is 35.5 Å². The van der Waals surface area contributed by atoms with Crippen molar-refractivity contribution in [3.8, 4) is 28.1 Å². The second-order valence-corrected chi connectivity index (χ2v) is 9.35. The highest BCUT2D eigenvalue weighted by Gasteiger charge is 2.20. The smallest absolute Gasteiger partial charge is 0.354 e. The molecular weight excluding hydrogens is 518 g/mol. The van der Waals surface area contributed by atoms with Gasteiger partial charge in [0.2, 0.25) is 5.91 Å². The third-order valence-corrected chi connectivity index (χ3v) is 6.62. The number of methoxy groups -OCH3 is 1. The van der Waals surface area contributed by atoms with Crippen molar-refractivity contribution in [1.29, 1.82) is 0 Å². The number of thiazole rings is 1. The van der Waals surface area contributed by atoms with E-state index in [1.54, 1.807) is 36.4 Å². The van der Waals surface area contributed by atoms with Gasteiger partial charge in [-0.1, -0.05) is 41.7 Å². The molecule has 0 bridgehead atoms. The zero-order chi connectivity index (χ0) is 27.5. The Labute approximate surface area is 226 Å². The largest absolute Gasteiger partial charge is 0.496 e. The fourth-order valence-corrected chi connectivity index (χ4v) is 4.80. The molecule has 0 atom stereocenters. The number of carboxylic acids is 1. The first kappa shape index (κ1) is 25.5. The average Bonchev–Trinajstić information content (AvgIpc) is 3.34. The molecule has 0 spiro atoms. The van der Waals surface area contributed by atoms with Gasteiger partial charge in [0.25, 0.3) is 5.91 Å². The standard InChI is InChI=1S/C28H21N5O5S/c1-15(34)30-17-9-7-16(8-10-17)21-11-12-22-26(31-21)39-28(32-22)33-25(35)20-14-29-23(27(36)37)13-19(20)18-5-3-4-6-24(18)38-2/h3-14H,1-2H3,(H,30,34)(H,36,37)(H,32,33,35). The third-order valence-electron chi connectivity index (χ3n) is 5.74. The normalized spacial score (nSPS) is 10.7. The number of hydrogen-bond acceptors (Lipinski definition) is 8. The van der Waals surface area contributed by atoms with Crippen LogP contribution in [0.4, 0.5) is 10.8 Å². The number of fused-ring (bicyclic) bond motifs is 1. The quantitative estimate of drug-likeness (QED) is 0.252. The van der Waals surface area contributed by atoms with Crippen molar-refractivity contribution in [3.63, 3.8) is 0 Å². The first-order chi connectivity index (χ1) is 18.8. The van der Waals surface area contributed by atoms with Gasteiger partial charge in [-0.05, 0) is 36.4 Å². The van der Waals surface area contributed by atoms with E-state index in [0.29, 0.717) is 43.7 Å². The van der Waals surface area contributed by atoms with Crippen molar-refractivity contribution >= 4 is 50.3 Å². The Morgan fingerprint density at radius 2 is 1.69 bits per heavy atom. The molecule has 0 fully saturated rings. The molecule has 39 heavy (non-hydrogen) atoms. The minimum absolute atomic E-state index is 0.148. The molecule has 10 nitrogen and oxygen atoms in total. The summed E-state index contributed by atoms with van der Waals surface area (Å²) in [5.41, 5.74) is 3.75. The molecule has 2 amide bonds. The average molecular weight is 540 g/mol. The summed E-state index contributed by atoms with van der Waals surface area (Å²) in [7, 11) is 1.50. The van der Waals surface area contributed by atoms with E-state index in [1.807, 2.05) is 24.3 Å². The second-order valence-electron chi connectivity index (χ2n) is 8.37. The summed E-state index contributed by atoms with van der Waals surface area (Å²) in [6.45, 7) is 1.45. The molecule has 3 N–H and O–H groups in total. The number of para-hydroxylation sites is 1. The van der Waals surface area contributed by atoms with Gasteiger partial charge >= 0.3 is 5.97 Å². The first-order valence-electron chi connectivity index (χ1n) is 11.7. The number of benzene rings is 2. The zero-order valence-electron chi connectivity index (χ0n) is 20.8. The van der Waals surface area contributed by atoms with Crippen molar-refractivity contribution in [1.82, 2.24) is 15.0 Å². The van der Waals surface area contributed by atoms with Gasteiger partial charge in [0.15, 0.2) is 5.13 Å². The number of aromatic nitrogens is 3. The summed E-state index contributed by atoms with van der Waals surface area (Å²) >= 11 is 1.21. The van der Waals surface area contributed by atoms with Crippen LogP contribution in [-0.2, 0) is 4.79 Å². The first-order valence-corrected chi connectivity index (χ1v) is 12.5. The van der Waals surface area contributed by atoms with Gasteiger partial charge in [-0.3, -0.25) is 14.9 Å². The lowest BCUT2D eigenvalue weighted by Gasteiger charge is -2.13. The number of nitrogens with one attached hydrogen (secondary N) is 2. The monoisotopic (exact) mass is 539 g/mol. The lowest BCUT2D eigenvalue weighted by Crippen LogP contribution is -2.15. The molecule has 3 heterocycles. The number of ether oxygens (including phenoxy) is 1. The highest BCUT2D eigenvalue weighted by molar-refractivity contribution is 7.22. The summed E-state index contributed by atoms with van der Waals surface area (Å²) in [6, 6.07) is 19.3. The van der Waals surface area contributed by atoms with Crippen LogP contribution in [0.1, 0.15) is 27.8 Å². The number of pyridine rings is 2. The van der Waals surface area contributed by atoms with Crippen molar-refractivity contribution in [3.05, 3.63) is 84.2 Å². The van der Waals surface area contributed by atoms with E-state index in [1.165, 1.54) is 37.6 Å². The van der Waals surface area contributed by atoms with Gasteiger partial charge in [0.05, 0.1) is 18.4 Å². The van der Waals surface area contributed by atoms with Gasteiger partial charge in [-0.15, -0.1) is 0 Å². The Kier molecular flexibility index (Phi) is 6.98. The van der Waals surface area contributed by atoms with Gasteiger partial charge in [0.1, 0.15) is 21.8 Å². The van der Waals surface area contributed by atoms with Crippen LogP contribution in [0.3, 0.4) is 0 Å². The zero-order valence-corrected chi connectivity index (χ0v) is 21.6. The van der Waals surface area contributed by atoms with Crippen LogP contribution in [0.5, 0.6) is 5.75 Å². The van der Waals surface area contributed by atoms with Crippen LogP contribution in [0.25, 0.3) is 32.7 Å². The summed E-state index contributed by atoms with van der Waals surface area (Å²) in [4.78, 5) is 49.9. The number of amides is 2. The maximum absolute atomic E-state index is 13.3. The summed E-state index contributed by atoms with van der Waals surface area (Å²) in [5.74, 6) is -1.38. The molecule has 0 aliphatic carbocycles. The lowest BCUT2D eigenvalue weighted by molar-refractivity contribution is -0.114. The molecule has 194 valence electrons. The van der Waals surface area contributed by atoms with E-state index >= 15 is 0 Å². The van der Waals surface area contributed by atoms with Crippen molar-refractivity contribution in [2.45, 2.75) is 6.92 Å². The number of carbonyl (C=O) groups excluding carboxylic acids is 2. The molecule has 0 saturated carbocycles. The molecule has 5 aromatic rings. The molecule has 3 aromatic heterocycles. The molecule has 0 aliphatic rings. The van der Waals surface area contributed by atoms with E-state index < -0.39 is 11.9 Å². The maximum atomic E-state index is 13.3. The minimum atomic E-state index is -1.21. The van der Waals surface area contributed by atoms with Crippen LogP contribution in [-0.4, -0.2) is 45.0 Å². The third kappa shape index (κ3) is 5.43. The Balaban J connectivity index is 1.44. The summed E-state index contributed by atoms with van der Waals surface area (Å²) in [6.07, 6.45) is 1.23. The molecule has 0 unspecified atom stereocenters. The number of anilines is 2. The predicted octanol–water partition coefficient (Wildman–Crippen LogP) is 5.34. The fraction of sp³-hybridized carbons (Fsp3) is 0.0714. The number of carboxylic acid groups (broad SMARTS) is 1. The maximum Gasteiger partial charge on any atom is 0.354 e. The Bertz CT molecular complexity index is 1730. The van der Waals surface area contributed by atoms with Gasteiger partial charge < -0.3 is 15.2 Å². The number of aromatic carboxylic acids is 1. The SMILES string of the molecule is COc1ccccc1-c1cc(C(=O)O)ncc1C(=O)Nc1nc2ccc(-c3ccc(NC(C)=O)cc3)nc2s1. The van der Waals surface area contributed by atoms with Crippen molar-refractivity contribution < 1.29 is 24.2 Å². The van der Waals surface area contributed by atoms with Crippen molar-refractivity contribution in [2.75, 3.05) is 17.7 Å². The van der Waals surface area contributed by atoms with Crippen LogP contribution in [0, 0.1) is 0 Å². The number of rotatable bonds is 7. The molecule has 0 aliphatic heterocycles. The summed E-state index contributed by atoms with van der Waals surface area (Å²) < 4.78 is 5.43. The number of nitrogens with zero attached hydrogens (tertiary/aromatic N) is 3. The molecule has 0 radical (unpaired) electrons. The lowest BCUT2D eigenvalue weighted by atomic mass is 9.99. The van der Waals surface area contributed by atoms with Crippen molar-refractivity contribution in [2.24, 2.45) is 0 Å². The van der Waals surface area contributed by atoms with Gasteiger partial charge in [-0.2, -0.15) is 0 Å².